The molecule has 0 aliphatic carbocycles. The number of likely N-dealkylation sites (N-methyl/N-ethyl adjacent to an activating group) is 1. The smallest absolute Gasteiger partial charge is 0.321 e. The molecule has 0 fully saturated rings. The lowest BCUT2D eigenvalue weighted by Gasteiger charge is -2.27. The molecule has 2 N–H and O–H groups in total. The molecule has 1 heterocycles. The van der Waals surface area contributed by atoms with Crippen LogP contribution in [0, 0.1) is 0 Å². The van der Waals surface area contributed by atoms with Crippen LogP contribution in [0.4, 0.5) is 4.79 Å². The van der Waals surface area contributed by atoms with Gasteiger partial charge in [0.1, 0.15) is 17.5 Å². The number of imide groups is 1. The molecule has 0 spiro atoms. The van der Waals surface area contributed by atoms with Gasteiger partial charge in [0.25, 0.3) is 0 Å². The van der Waals surface area contributed by atoms with E-state index in [9.17, 15) is 9.59 Å². The van der Waals surface area contributed by atoms with Crippen molar-refractivity contribution in [1.29, 1.82) is 0 Å². The van der Waals surface area contributed by atoms with Gasteiger partial charge in [-0.2, -0.15) is 0 Å². The molecule has 30 heavy (non-hydrogen) atoms. The number of hydrogen-bond donors (Lipinski definition) is 2. The molecule has 1 atom stereocenters. The summed E-state index contributed by atoms with van der Waals surface area (Å²) >= 11 is 0. The molecule has 0 saturated carbocycles. The van der Waals surface area contributed by atoms with E-state index < -0.39 is 12.1 Å². The lowest BCUT2D eigenvalue weighted by molar-refractivity contribution is -0.125. The van der Waals surface area contributed by atoms with Gasteiger partial charge in [0.05, 0.1) is 0 Å². The van der Waals surface area contributed by atoms with E-state index in [0.717, 1.165) is 29.0 Å². The Hall–Kier alpha value is -3.45. The number of benzene rings is 2. The topological polar surface area (TPSA) is 87.5 Å². The van der Waals surface area contributed by atoms with Crippen molar-refractivity contribution in [3.63, 3.8) is 0 Å². The Labute approximate surface area is 176 Å². The van der Waals surface area contributed by atoms with Gasteiger partial charge >= 0.3 is 6.03 Å². The first-order valence-corrected chi connectivity index (χ1v) is 9.87. The molecule has 7 heteroatoms. The highest BCUT2D eigenvalue weighted by Gasteiger charge is 2.26. The van der Waals surface area contributed by atoms with Crippen LogP contribution in [0.1, 0.15) is 23.8 Å². The third-order valence-corrected chi connectivity index (χ3v) is 4.83. The number of aryl methyl sites for hydroxylation is 1. The Morgan fingerprint density at radius 2 is 1.73 bits per heavy atom. The second kappa shape index (κ2) is 10.4. The largest absolute Gasteiger partial charge is 0.361 e. The van der Waals surface area contributed by atoms with Gasteiger partial charge < -0.3 is 9.84 Å². The van der Waals surface area contributed by atoms with Crippen molar-refractivity contribution in [2.45, 2.75) is 18.9 Å². The van der Waals surface area contributed by atoms with Gasteiger partial charge in [-0.25, -0.2) is 4.79 Å². The van der Waals surface area contributed by atoms with Crippen LogP contribution in [0.25, 0.3) is 11.3 Å². The number of nitrogens with zero attached hydrogens (tertiary/aromatic N) is 2. The van der Waals surface area contributed by atoms with E-state index in [4.69, 9.17) is 4.52 Å². The number of nitrogens with one attached hydrogen (secondary N) is 2. The van der Waals surface area contributed by atoms with Crippen LogP contribution in [0.5, 0.6) is 0 Å². The number of aromatic nitrogens is 1. The summed E-state index contributed by atoms with van der Waals surface area (Å²) < 4.78 is 5.46. The maximum absolute atomic E-state index is 12.7. The Bertz CT molecular complexity index is 957. The molecule has 0 bridgehead atoms. The summed E-state index contributed by atoms with van der Waals surface area (Å²) in [6.45, 7) is 0.641. The standard InChI is InChI=1S/C23H26N4O3/c1-24-23(29)25-22(28)21(18-12-7-4-8-13-18)27(2)15-9-14-19-16-20(26-30-19)17-10-5-3-6-11-17/h3-8,10-13,16,21H,9,14-15H2,1-2H3,(H2,24,25,28,29). The third kappa shape index (κ3) is 5.55. The first-order valence-electron chi connectivity index (χ1n) is 9.87. The Morgan fingerprint density at radius 1 is 1.07 bits per heavy atom. The van der Waals surface area contributed by atoms with Gasteiger partial charge in [0.15, 0.2) is 0 Å². The molecule has 3 rings (SSSR count). The molecule has 0 saturated heterocycles. The second-order valence-electron chi connectivity index (χ2n) is 7.01. The van der Waals surface area contributed by atoms with Crippen molar-refractivity contribution in [3.05, 3.63) is 78.1 Å². The average molecular weight is 406 g/mol. The molecular formula is C23H26N4O3. The number of carbonyl (C=O) groups is 2. The fraction of sp³-hybridized carbons (Fsp3) is 0.261. The molecule has 0 aliphatic heterocycles. The molecule has 0 aliphatic rings. The Balaban J connectivity index is 1.62. The summed E-state index contributed by atoms with van der Waals surface area (Å²) in [6, 6.07) is 20.1. The minimum absolute atomic E-state index is 0.367. The Kier molecular flexibility index (Phi) is 7.34. The fourth-order valence-electron chi connectivity index (χ4n) is 3.29. The third-order valence-electron chi connectivity index (χ3n) is 4.83. The molecule has 7 nitrogen and oxygen atoms in total. The van der Waals surface area contributed by atoms with Crippen molar-refractivity contribution in [2.24, 2.45) is 0 Å². The predicted molar refractivity (Wildman–Crippen MR) is 115 cm³/mol. The van der Waals surface area contributed by atoms with Gasteiger partial charge in [0, 0.05) is 25.1 Å². The summed E-state index contributed by atoms with van der Waals surface area (Å²) in [5.74, 6) is 0.433. The van der Waals surface area contributed by atoms with Crippen molar-refractivity contribution in [3.8, 4) is 11.3 Å². The molecule has 0 radical (unpaired) electrons. The van der Waals surface area contributed by atoms with E-state index in [1.165, 1.54) is 7.05 Å². The van der Waals surface area contributed by atoms with Crippen molar-refractivity contribution < 1.29 is 14.1 Å². The number of rotatable bonds is 8. The fourth-order valence-corrected chi connectivity index (χ4v) is 3.29. The zero-order valence-electron chi connectivity index (χ0n) is 17.2. The maximum Gasteiger partial charge on any atom is 0.321 e. The van der Waals surface area contributed by atoms with E-state index in [0.29, 0.717) is 13.0 Å². The van der Waals surface area contributed by atoms with E-state index in [1.54, 1.807) is 0 Å². The van der Waals surface area contributed by atoms with Gasteiger partial charge in [-0.1, -0.05) is 65.8 Å². The highest BCUT2D eigenvalue weighted by atomic mass is 16.5. The van der Waals surface area contributed by atoms with E-state index >= 15 is 0 Å². The number of amides is 3. The summed E-state index contributed by atoms with van der Waals surface area (Å²) in [5, 5.41) is 8.93. The van der Waals surface area contributed by atoms with Crippen molar-refractivity contribution in [1.82, 2.24) is 20.7 Å². The normalized spacial score (nSPS) is 11.8. The van der Waals surface area contributed by atoms with E-state index in [1.807, 2.05) is 78.7 Å². The maximum atomic E-state index is 12.7. The van der Waals surface area contributed by atoms with E-state index in [2.05, 4.69) is 15.8 Å². The van der Waals surface area contributed by atoms with Crippen LogP contribution in [-0.2, 0) is 11.2 Å². The van der Waals surface area contributed by atoms with Crippen LogP contribution in [-0.4, -0.2) is 42.6 Å². The molecule has 1 aromatic heterocycles. The van der Waals surface area contributed by atoms with Crippen molar-refractivity contribution in [2.75, 3.05) is 20.6 Å². The number of hydrogen-bond acceptors (Lipinski definition) is 5. The van der Waals surface area contributed by atoms with Crippen LogP contribution >= 0.6 is 0 Å². The molecule has 156 valence electrons. The summed E-state index contributed by atoms with van der Waals surface area (Å²) in [7, 11) is 3.35. The summed E-state index contributed by atoms with van der Waals surface area (Å²) in [4.78, 5) is 26.3. The highest BCUT2D eigenvalue weighted by molar-refractivity contribution is 5.97. The monoisotopic (exact) mass is 406 g/mol. The average Bonchev–Trinajstić information content (AvgIpc) is 3.24. The first kappa shape index (κ1) is 21.3. The predicted octanol–water partition coefficient (Wildman–Crippen LogP) is 3.40. The zero-order valence-corrected chi connectivity index (χ0v) is 17.2. The quantitative estimate of drug-likeness (QED) is 0.599. The second-order valence-corrected chi connectivity index (χ2v) is 7.01. The molecule has 3 amide bonds. The van der Waals surface area contributed by atoms with Gasteiger partial charge in [-0.3, -0.25) is 15.0 Å². The lowest BCUT2D eigenvalue weighted by atomic mass is 10.0. The van der Waals surface area contributed by atoms with Gasteiger partial charge in [-0.05, 0) is 25.6 Å². The molecule has 3 aromatic rings. The lowest BCUT2D eigenvalue weighted by Crippen LogP contribution is -2.44. The first-order chi connectivity index (χ1) is 14.6. The van der Waals surface area contributed by atoms with Crippen LogP contribution < -0.4 is 10.6 Å². The number of carbonyl (C=O) groups excluding carboxylic acids is 2. The Morgan fingerprint density at radius 3 is 2.40 bits per heavy atom. The SMILES string of the molecule is CNC(=O)NC(=O)C(c1ccccc1)N(C)CCCc1cc(-c2ccccc2)no1. The van der Waals surface area contributed by atoms with Gasteiger partial charge in [-0.15, -0.1) is 0 Å². The minimum atomic E-state index is -0.571. The van der Waals surface area contributed by atoms with Crippen LogP contribution in [0.3, 0.4) is 0 Å². The summed E-state index contributed by atoms with van der Waals surface area (Å²) in [5.41, 5.74) is 2.65. The molecule has 2 aromatic carbocycles. The molecular weight excluding hydrogens is 380 g/mol. The minimum Gasteiger partial charge on any atom is -0.361 e. The zero-order chi connectivity index (χ0) is 21.3. The number of urea groups is 1. The highest BCUT2D eigenvalue weighted by Crippen LogP contribution is 2.22. The van der Waals surface area contributed by atoms with Crippen LogP contribution in [0.2, 0.25) is 0 Å². The molecule has 1 unspecified atom stereocenters. The van der Waals surface area contributed by atoms with Gasteiger partial charge in [0.2, 0.25) is 5.91 Å². The summed E-state index contributed by atoms with van der Waals surface area (Å²) in [6.07, 6.45) is 1.47. The van der Waals surface area contributed by atoms with Crippen molar-refractivity contribution >= 4 is 11.9 Å². The van der Waals surface area contributed by atoms with Crippen LogP contribution in [0.15, 0.2) is 71.3 Å². The van der Waals surface area contributed by atoms with E-state index in [-0.39, 0.29) is 5.91 Å².